The van der Waals surface area contributed by atoms with E-state index >= 15 is 0 Å². The number of rotatable bonds is 3. The first kappa shape index (κ1) is 9.52. The fraction of sp³-hybridized carbons (Fsp3) is 0.889. The van der Waals surface area contributed by atoms with E-state index in [2.05, 4.69) is 10.3 Å². The van der Waals surface area contributed by atoms with E-state index in [1.807, 2.05) is 13.8 Å². The van der Waals surface area contributed by atoms with Gasteiger partial charge >= 0.3 is 0 Å². The maximum absolute atomic E-state index is 9.47. The molecule has 0 bridgehead atoms. The van der Waals surface area contributed by atoms with Gasteiger partial charge in [-0.2, -0.15) is 0 Å². The summed E-state index contributed by atoms with van der Waals surface area (Å²) in [5, 5.41) is 12.6. The van der Waals surface area contributed by atoms with Crippen LogP contribution >= 0.6 is 0 Å². The van der Waals surface area contributed by atoms with Crippen molar-refractivity contribution < 1.29 is 5.11 Å². The third-order valence-corrected chi connectivity index (χ3v) is 2.16. The fourth-order valence-electron chi connectivity index (χ4n) is 1.14. The average molecular weight is 170 g/mol. The molecular weight excluding hydrogens is 152 g/mol. The molecule has 0 saturated carbocycles. The van der Waals surface area contributed by atoms with Crippen molar-refractivity contribution in [1.82, 2.24) is 5.32 Å². The van der Waals surface area contributed by atoms with Gasteiger partial charge in [-0.25, -0.2) is 0 Å². The molecule has 0 radical (unpaired) electrons. The van der Waals surface area contributed by atoms with Gasteiger partial charge in [0, 0.05) is 19.5 Å². The summed E-state index contributed by atoms with van der Waals surface area (Å²) in [6.45, 7) is 5.61. The Bertz CT molecular complexity index is 166. The Morgan fingerprint density at radius 3 is 2.83 bits per heavy atom. The number of aliphatic hydroxyl groups is 1. The van der Waals surface area contributed by atoms with Gasteiger partial charge in [0.1, 0.15) is 0 Å². The van der Waals surface area contributed by atoms with Crippen molar-refractivity contribution in [2.75, 3.05) is 13.1 Å². The van der Waals surface area contributed by atoms with Crippen LogP contribution in [0, 0.1) is 5.92 Å². The van der Waals surface area contributed by atoms with E-state index < -0.39 is 0 Å². The zero-order valence-corrected chi connectivity index (χ0v) is 7.88. The van der Waals surface area contributed by atoms with E-state index in [9.17, 15) is 5.11 Å². The van der Waals surface area contributed by atoms with Gasteiger partial charge in [-0.3, -0.25) is 4.99 Å². The minimum absolute atomic E-state index is 0.256. The van der Waals surface area contributed by atoms with E-state index in [0.717, 1.165) is 25.2 Å². The lowest BCUT2D eigenvalue weighted by atomic mass is 10.1. The topological polar surface area (TPSA) is 44.6 Å². The largest absolute Gasteiger partial charge is 0.391 e. The summed E-state index contributed by atoms with van der Waals surface area (Å²) in [5.74, 6) is 1.38. The van der Waals surface area contributed by atoms with Crippen LogP contribution < -0.4 is 5.32 Å². The third kappa shape index (κ3) is 2.81. The van der Waals surface area contributed by atoms with Crippen molar-refractivity contribution in [2.24, 2.45) is 10.9 Å². The van der Waals surface area contributed by atoms with Crippen LogP contribution in [0.5, 0.6) is 0 Å². The number of hydrogen-bond acceptors (Lipinski definition) is 3. The van der Waals surface area contributed by atoms with Crippen molar-refractivity contribution >= 4 is 5.84 Å². The predicted octanol–water partition coefficient (Wildman–Crippen LogP) is 0.785. The maximum atomic E-state index is 9.47. The van der Waals surface area contributed by atoms with E-state index in [1.165, 1.54) is 0 Å². The van der Waals surface area contributed by atoms with Gasteiger partial charge in [0.15, 0.2) is 0 Å². The average Bonchev–Trinajstić information content (AvgIpc) is 2.51. The molecule has 0 fully saturated rings. The first-order chi connectivity index (χ1) is 5.70. The highest BCUT2D eigenvalue weighted by atomic mass is 16.3. The van der Waals surface area contributed by atoms with Gasteiger partial charge in [0.05, 0.1) is 11.9 Å². The molecule has 0 aromatic carbocycles. The van der Waals surface area contributed by atoms with E-state index in [-0.39, 0.29) is 6.10 Å². The molecule has 0 saturated heterocycles. The molecule has 0 aromatic rings. The lowest BCUT2D eigenvalue weighted by Gasteiger charge is -2.15. The molecule has 1 aliphatic heterocycles. The van der Waals surface area contributed by atoms with Crippen LogP contribution in [0.3, 0.4) is 0 Å². The van der Waals surface area contributed by atoms with Gasteiger partial charge in [0.25, 0.3) is 0 Å². The second kappa shape index (κ2) is 4.45. The smallest absolute Gasteiger partial charge is 0.0964 e. The minimum atomic E-state index is -0.256. The number of nitrogens with zero attached hydrogens (tertiary/aromatic N) is 1. The molecule has 1 aliphatic rings. The zero-order valence-electron chi connectivity index (χ0n) is 7.88. The molecule has 0 amide bonds. The molecule has 1 unspecified atom stereocenters. The van der Waals surface area contributed by atoms with E-state index in [4.69, 9.17) is 0 Å². The second-order valence-corrected chi connectivity index (χ2v) is 3.62. The summed E-state index contributed by atoms with van der Waals surface area (Å²) in [6, 6.07) is 0. The van der Waals surface area contributed by atoms with Crippen molar-refractivity contribution in [1.29, 1.82) is 0 Å². The quantitative estimate of drug-likeness (QED) is 0.657. The predicted molar refractivity (Wildman–Crippen MR) is 50.4 cm³/mol. The van der Waals surface area contributed by atoms with Crippen molar-refractivity contribution in [3.63, 3.8) is 0 Å². The SMILES string of the molecule is CC(C)C(O)CNC1=NCCC1. The molecule has 1 rings (SSSR count). The fourth-order valence-corrected chi connectivity index (χ4v) is 1.14. The van der Waals surface area contributed by atoms with E-state index in [0.29, 0.717) is 12.5 Å². The van der Waals surface area contributed by atoms with Crippen LogP contribution in [0.2, 0.25) is 0 Å². The lowest BCUT2D eigenvalue weighted by molar-refractivity contribution is 0.129. The Morgan fingerprint density at radius 1 is 1.58 bits per heavy atom. The molecule has 0 aliphatic carbocycles. The van der Waals surface area contributed by atoms with Gasteiger partial charge in [0.2, 0.25) is 0 Å². The molecule has 0 spiro atoms. The van der Waals surface area contributed by atoms with Gasteiger partial charge in [-0.05, 0) is 12.3 Å². The van der Waals surface area contributed by atoms with Crippen LogP contribution in [0.4, 0.5) is 0 Å². The van der Waals surface area contributed by atoms with Crippen LogP contribution in [0.25, 0.3) is 0 Å². The molecule has 0 aromatic heterocycles. The van der Waals surface area contributed by atoms with Crippen molar-refractivity contribution in [3.8, 4) is 0 Å². The second-order valence-electron chi connectivity index (χ2n) is 3.62. The maximum Gasteiger partial charge on any atom is 0.0964 e. The number of aliphatic imine (C=N–C) groups is 1. The van der Waals surface area contributed by atoms with Crippen LogP contribution in [-0.2, 0) is 0 Å². The monoisotopic (exact) mass is 170 g/mol. The molecular formula is C9H18N2O. The number of nitrogens with one attached hydrogen (secondary N) is 1. The van der Waals surface area contributed by atoms with Gasteiger partial charge in [-0.15, -0.1) is 0 Å². The third-order valence-electron chi connectivity index (χ3n) is 2.16. The molecule has 12 heavy (non-hydrogen) atoms. The summed E-state index contributed by atoms with van der Waals surface area (Å²) in [4.78, 5) is 4.26. The molecule has 70 valence electrons. The molecule has 3 nitrogen and oxygen atoms in total. The standard InChI is InChI=1S/C9H18N2O/c1-7(2)8(12)6-11-9-4-3-5-10-9/h7-8,12H,3-6H2,1-2H3,(H,10,11). The number of hydrogen-bond donors (Lipinski definition) is 2. The molecule has 3 heteroatoms. The summed E-state index contributed by atoms with van der Waals surface area (Å²) in [6.07, 6.45) is 1.94. The van der Waals surface area contributed by atoms with Crippen LogP contribution in [0.15, 0.2) is 4.99 Å². The minimum Gasteiger partial charge on any atom is -0.391 e. The highest BCUT2D eigenvalue weighted by Gasteiger charge is 2.11. The Hall–Kier alpha value is -0.570. The summed E-state index contributed by atoms with van der Waals surface area (Å²) in [5.41, 5.74) is 0. The molecule has 1 heterocycles. The highest BCUT2D eigenvalue weighted by molar-refractivity contribution is 5.83. The van der Waals surface area contributed by atoms with Crippen LogP contribution in [-0.4, -0.2) is 30.1 Å². The van der Waals surface area contributed by atoms with Crippen molar-refractivity contribution in [3.05, 3.63) is 0 Å². The Balaban J connectivity index is 2.16. The van der Waals surface area contributed by atoms with Gasteiger partial charge in [-0.1, -0.05) is 13.8 Å². The number of amidine groups is 1. The van der Waals surface area contributed by atoms with Gasteiger partial charge < -0.3 is 10.4 Å². The Kier molecular flexibility index (Phi) is 3.53. The molecule has 2 N–H and O–H groups in total. The first-order valence-electron chi connectivity index (χ1n) is 4.65. The van der Waals surface area contributed by atoms with E-state index in [1.54, 1.807) is 0 Å². The summed E-state index contributed by atoms with van der Waals surface area (Å²) >= 11 is 0. The number of aliphatic hydroxyl groups excluding tert-OH is 1. The first-order valence-corrected chi connectivity index (χ1v) is 4.65. The van der Waals surface area contributed by atoms with Crippen LogP contribution in [0.1, 0.15) is 26.7 Å². The molecule has 1 atom stereocenters. The van der Waals surface area contributed by atoms with Crippen molar-refractivity contribution in [2.45, 2.75) is 32.8 Å². The lowest BCUT2D eigenvalue weighted by Crippen LogP contribution is -2.33. The zero-order chi connectivity index (χ0) is 8.97. The summed E-state index contributed by atoms with van der Waals surface area (Å²) in [7, 11) is 0. The summed E-state index contributed by atoms with van der Waals surface area (Å²) < 4.78 is 0. The highest BCUT2D eigenvalue weighted by Crippen LogP contribution is 2.03. The Morgan fingerprint density at radius 2 is 2.33 bits per heavy atom. The normalized spacial score (nSPS) is 19.5. The Labute approximate surface area is 73.9 Å².